The summed E-state index contributed by atoms with van der Waals surface area (Å²) in [6.07, 6.45) is 3.45. The van der Waals surface area contributed by atoms with Crippen LogP contribution in [-0.2, 0) is 0 Å². The Labute approximate surface area is 167 Å². The van der Waals surface area contributed by atoms with Gasteiger partial charge in [0.15, 0.2) is 5.78 Å². The van der Waals surface area contributed by atoms with Gasteiger partial charge in [-0.3, -0.25) is 4.79 Å². The van der Waals surface area contributed by atoms with Gasteiger partial charge >= 0.3 is 0 Å². The number of hydrogen-bond acceptors (Lipinski definition) is 2. The molecule has 3 aromatic rings. The Kier molecular flexibility index (Phi) is 5.42. The highest BCUT2D eigenvalue weighted by Gasteiger charge is 2.14. The Morgan fingerprint density at radius 3 is 1.82 bits per heavy atom. The molecule has 0 unspecified atom stereocenters. The Morgan fingerprint density at radius 2 is 1.29 bits per heavy atom. The zero-order chi connectivity index (χ0) is 20.6. The fraction of sp³-hybridized carbons (Fsp3) is 0.269. The largest absolute Gasteiger partial charge is 0.464 e. The van der Waals surface area contributed by atoms with Crippen molar-refractivity contribution in [1.29, 1.82) is 0 Å². The first-order valence-corrected chi connectivity index (χ1v) is 9.65. The first-order valence-electron chi connectivity index (χ1n) is 9.65. The molecule has 28 heavy (non-hydrogen) atoms. The van der Waals surface area contributed by atoms with Crippen LogP contribution >= 0.6 is 0 Å². The van der Waals surface area contributed by atoms with Crippen molar-refractivity contribution in [1.82, 2.24) is 0 Å². The van der Waals surface area contributed by atoms with Crippen molar-refractivity contribution in [3.05, 3.63) is 87.2 Å². The van der Waals surface area contributed by atoms with E-state index in [9.17, 15) is 4.79 Å². The van der Waals surface area contributed by atoms with E-state index in [1.54, 1.807) is 12.3 Å². The Hall–Kier alpha value is -2.87. The van der Waals surface area contributed by atoms with E-state index in [1.165, 1.54) is 22.3 Å². The number of ketones is 1. The van der Waals surface area contributed by atoms with Gasteiger partial charge in [-0.05, 0) is 88.4 Å². The molecule has 0 fully saturated rings. The average molecular weight is 373 g/mol. The van der Waals surface area contributed by atoms with Crippen molar-refractivity contribution in [3.8, 4) is 11.3 Å². The highest BCUT2D eigenvalue weighted by molar-refractivity contribution is 6.10. The predicted molar refractivity (Wildman–Crippen MR) is 117 cm³/mol. The molecule has 1 heterocycles. The highest BCUT2D eigenvalue weighted by atomic mass is 16.3. The molecule has 0 bridgehead atoms. The predicted octanol–water partition coefficient (Wildman–Crippen LogP) is 7.08. The van der Waals surface area contributed by atoms with Gasteiger partial charge in [0.05, 0.1) is 6.26 Å². The molecule has 0 atom stereocenters. The number of hydrogen-bond donors (Lipinski definition) is 0. The Morgan fingerprint density at radius 1 is 0.786 bits per heavy atom. The second-order valence-electron chi connectivity index (χ2n) is 7.94. The van der Waals surface area contributed by atoms with Crippen LogP contribution in [0.4, 0.5) is 0 Å². The minimum atomic E-state index is 0.0398. The maximum absolute atomic E-state index is 12.9. The third-order valence-electron chi connectivity index (χ3n) is 5.25. The average Bonchev–Trinajstić information content (AvgIpc) is 3.02. The summed E-state index contributed by atoms with van der Waals surface area (Å²) in [6.45, 7) is 14.3. The van der Waals surface area contributed by atoms with Crippen molar-refractivity contribution in [2.75, 3.05) is 0 Å². The number of benzene rings is 2. The zero-order valence-electron chi connectivity index (χ0n) is 17.9. The Bertz CT molecular complexity index is 1050. The van der Waals surface area contributed by atoms with Crippen LogP contribution in [0.1, 0.15) is 56.2 Å². The summed E-state index contributed by atoms with van der Waals surface area (Å²) in [7, 11) is 0. The molecule has 0 aliphatic rings. The molecule has 2 aromatic carbocycles. The molecular weight excluding hydrogens is 344 g/mol. The zero-order valence-corrected chi connectivity index (χ0v) is 17.9. The van der Waals surface area contributed by atoms with Crippen LogP contribution in [0, 0.1) is 41.5 Å². The van der Waals surface area contributed by atoms with Gasteiger partial charge in [-0.1, -0.05) is 35.4 Å². The third-order valence-corrected chi connectivity index (χ3v) is 5.25. The molecule has 0 aliphatic carbocycles. The van der Waals surface area contributed by atoms with Gasteiger partial charge < -0.3 is 4.42 Å². The second kappa shape index (κ2) is 7.63. The van der Waals surface area contributed by atoms with Crippen LogP contribution in [0.25, 0.3) is 16.9 Å². The summed E-state index contributed by atoms with van der Waals surface area (Å²) in [5.41, 5.74) is 10.6. The van der Waals surface area contributed by atoms with Gasteiger partial charge in [0.1, 0.15) is 5.76 Å². The van der Waals surface area contributed by atoms with Crippen molar-refractivity contribution in [3.63, 3.8) is 0 Å². The van der Waals surface area contributed by atoms with Crippen LogP contribution in [0.15, 0.2) is 47.1 Å². The first kappa shape index (κ1) is 19.9. The molecule has 3 rings (SSSR count). The maximum atomic E-state index is 12.9. The highest BCUT2D eigenvalue weighted by Crippen LogP contribution is 2.32. The van der Waals surface area contributed by atoms with Gasteiger partial charge in [0, 0.05) is 16.7 Å². The lowest BCUT2D eigenvalue weighted by Gasteiger charge is -2.09. The molecule has 2 heteroatoms. The number of allylic oxidation sites excluding steroid dienone is 2. The summed E-state index contributed by atoms with van der Waals surface area (Å²) in [6, 6.07) is 10.5. The van der Waals surface area contributed by atoms with Gasteiger partial charge in [0.2, 0.25) is 0 Å². The SMILES string of the molecule is C/C(=C\C(=O)c1c(C)cc(C)cc1C)c1coc(-c2c(C)cc(C)cc2C)c1. The van der Waals surface area contributed by atoms with Crippen molar-refractivity contribution >= 4 is 11.4 Å². The van der Waals surface area contributed by atoms with Crippen LogP contribution in [0.2, 0.25) is 0 Å². The van der Waals surface area contributed by atoms with E-state index in [1.807, 2.05) is 26.8 Å². The fourth-order valence-electron chi connectivity index (χ4n) is 4.16. The summed E-state index contributed by atoms with van der Waals surface area (Å²) in [5.74, 6) is 0.880. The third kappa shape index (κ3) is 3.87. The summed E-state index contributed by atoms with van der Waals surface area (Å²) >= 11 is 0. The number of carbonyl (C=O) groups is 1. The topological polar surface area (TPSA) is 30.2 Å². The molecule has 0 saturated carbocycles. The fourth-order valence-corrected chi connectivity index (χ4v) is 4.16. The molecule has 0 amide bonds. The van der Waals surface area contributed by atoms with Gasteiger partial charge in [-0.15, -0.1) is 0 Å². The quantitative estimate of drug-likeness (QED) is 0.362. The Balaban J connectivity index is 1.95. The summed E-state index contributed by atoms with van der Waals surface area (Å²) < 4.78 is 5.87. The molecule has 0 saturated heterocycles. The molecular formula is C26H28O2. The molecule has 0 spiro atoms. The van der Waals surface area contributed by atoms with E-state index in [-0.39, 0.29) is 5.78 Å². The van der Waals surface area contributed by atoms with E-state index < -0.39 is 0 Å². The van der Waals surface area contributed by atoms with Crippen molar-refractivity contribution < 1.29 is 9.21 Å². The smallest absolute Gasteiger partial charge is 0.186 e. The number of furan rings is 1. The second-order valence-corrected chi connectivity index (χ2v) is 7.94. The van der Waals surface area contributed by atoms with Crippen LogP contribution < -0.4 is 0 Å². The lowest BCUT2D eigenvalue weighted by atomic mass is 9.94. The number of aryl methyl sites for hydroxylation is 6. The lowest BCUT2D eigenvalue weighted by molar-refractivity contribution is 0.104. The van der Waals surface area contributed by atoms with Gasteiger partial charge in [-0.2, -0.15) is 0 Å². The van der Waals surface area contributed by atoms with Crippen LogP contribution in [0.3, 0.4) is 0 Å². The minimum Gasteiger partial charge on any atom is -0.464 e. The minimum absolute atomic E-state index is 0.0398. The van der Waals surface area contributed by atoms with E-state index in [4.69, 9.17) is 4.42 Å². The van der Waals surface area contributed by atoms with Gasteiger partial charge in [-0.25, -0.2) is 0 Å². The van der Waals surface area contributed by atoms with E-state index in [0.29, 0.717) is 0 Å². The van der Waals surface area contributed by atoms with Crippen LogP contribution in [-0.4, -0.2) is 5.78 Å². The van der Waals surface area contributed by atoms with E-state index in [2.05, 4.69) is 52.0 Å². The summed E-state index contributed by atoms with van der Waals surface area (Å²) in [4.78, 5) is 12.9. The standard InChI is InChI=1S/C26H28O2/c1-15-8-18(4)25(19(5)9-15)23(27)12-17(3)22-13-24(28-14-22)26-20(6)10-16(2)11-21(26)7/h8-14H,1-7H3/b17-12+. The molecule has 0 N–H and O–H groups in total. The lowest BCUT2D eigenvalue weighted by Crippen LogP contribution is -2.03. The molecule has 0 radical (unpaired) electrons. The van der Waals surface area contributed by atoms with Crippen molar-refractivity contribution in [2.24, 2.45) is 0 Å². The maximum Gasteiger partial charge on any atom is 0.186 e. The first-order chi connectivity index (χ1) is 13.2. The molecule has 0 aliphatic heterocycles. The molecule has 1 aromatic heterocycles. The number of rotatable bonds is 4. The monoisotopic (exact) mass is 372 g/mol. The van der Waals surface area contributed by atoms with E-state index >= 15 is 0 Å². The van der Waals surface area contributed by atoms with Crippen LogP contribution in [0.5, 0.6) is 0 Å². The number of carbonyl (C=O) groups excluding carboxylic acids is 1. The molecule has 144 valence electrons. The molecule has 2 nitrogen and oxygen atoms in total. The van der Waals surface area contributed by atoms with E-state index in [0.717, 1.165) is 39.2 Å². The summed E-state index contributed by atoms with van der Waals surface area (Å²) in [5, 5.41) is 0. The van der Waals surface area contributed by atoms with Crippen molar-refractivity contribution in [2.45, 2.75) is 48.5 Å². The van der Waals surface area contributed by atoms with Gasteiger partial charge in [0.25, 0.3) is 0 Å². The normalized spacial score (nSPS) is 11.8.